The zero-order chi connectivity index (χ0) is 15.8. The van der Waals surface area contributed by atoms with E-state index in [0.717, 1.165) is 15.7 Å². The minimum absolute atomic E-state index is 0.269. The van der Waals surface area contributed by atoms with E-state index >= 15 is 0 Å². The predicted octanol–water partition coefficient (Wildman–Crippen LogP) is 3.69. The Morgan fingerprint density at radius 1 is 1.13 bits per heavy atom. The summed E-state index contributed by atoms with van der Waals surface area (Å²) in [5.41, 5.74) is 2.36. The molecule has 0 spiro atoms. The summed E-state index contributed by atoms with van der Waals surface area (Å²) >= 11 is 3.46. The van der Waals surface area contributed by atoms with Crippen molar-refractivity contribution in [3.05, 3.63) is 69.9 Å². The number of benzene rings is 2. The Bertz CT molecular complexity index is 905. The van der Waals surface area contributed by atoms with Crippen molar-refractivity contribution >= 4 is 27.6 Å². The summed E-state index contributed by atoms with van der Waals surface area (Å²) in [5, 5.41) is 11.6. The lowest BCUT2D eigenvalue weighted by Crippen LogP contribution is -2.22. The van der Waals surface area contributed by atoms with Gasteiger partial charge < -0.3 is 0 Å². The van der Waals surface area contributed by atoms with E-state index < -0.39 is 0 Å². The highest BCUT2D eigenvalue weighted by molar-refractivity contribution is 9.10. The fourth-order valence-corrected chi connectivity index (χ4v) is 3.14. The third-order valence-corrected chi connectivity index (χ3v) is 4.31. The van der Waals surface area contributed by atoms with Crippen LogP contribution in [0.4, 0.5) is 10.3 Å². The molecule has 2 aromatic carbocycles. The molecule has 0 fully saturated rings. The Hall–Kier alpha value is -2.41. The summed E-state index contributed by atoms with van der Waals surface area (Å²) in [6, 6.07) is 14.2. The molecular weight excluding hydrogens is 361 g/mol. The first-order valence-electron chi connectivity index (χ1n) is 7.08. The molecule has 0 bridgehead atoms. The van der Waals surface area contributed by atoms with Gasteiger partial charge in [0.05, 0.1) is 11.8 Å². The predicted molar refractivity (Wildman–Crippen MR) is 87.3 cm³/mol. The van der Waals surface area contributed by atoms with Gasteiger partial charge in [-0.3, -0.25) is 0 Å². The lowest BCUT2D eigenvalue weighted by molar-refractivity contribution is 0.486. The molecule has 4 rings (SSSR count). The van der Waals surface area contributed by atoms with E-state index in [1.165, 1.54) is 6.07 Å². The monoisotopic (exact) mass is 371 g/mol. The Morgan fingerprint density at radius 2 is 2.00 bits per heavy atom. The maximum atomic E-state index is 14.2. The number of nitrogens with zero attached hydrogens (tertiary/aromatic N) is 5. The second-order valence-corrected chi connectivity index (χ2v) is 6.15. The Morgan fingerprint density at radius 3 is 2.83 bits per heavy atom. The van der Waals surface area contributed by atoms with Gasteiger partial charge in [-0.05, 0) is 34.2 Å². The van der Waals surface area contributed by atoms with E-state index in [1.807, 2.05) is 30.3 Å². The van der Waals surface area contributed by atoms with Gasteiger partial charge in [0.25, 0.3) is 5.95 Å². The van der Waals surface area contributed by atoms with Crippen LogP contribution < -0.4 is 0 Å². The summed E-state index contributed by atoms with van der Waals surface area (Å²) in [5.74, 6) is 0.119. The highest BCUT2D eigenvalue weighted by Gasteiger charge is 2.28. The number of hydrogen-bond donors (Lipinski definition) is 0. The van der Waals surface area contributed by atoms with E-state index in [0.29, 0.717) is 17.9 Å². The van der Waals surface area contributed by atoms with Crippen LogP contribution in [0.3, 0.4) is 0 Å². The van der Waals surface area contributed by atoms with Crippen molar-refractivity contribution in [1.29, 1.82) is 0 Å². The topological polar surface area (TPSA) is 56.0 Å². The molecule has 0 saturated carbocycles. The molecule has 3 aromatic rings. The summed E-state index contributed by atoms with van der Waals surface area (Å²) in [6.45, 7) is 0. The first-order valence-corrected chi connectivity index (χ1v) is 7.87. The van der Waals surface area contributed by atoms with Crippen molar-refractivity contribution in [1.82, 2.24) is 20.2 Å². The number of aromatic nitrogens is 4. The van der Waals surface area contributed by atoms with Gasteiger partial charge in [-0.1, -0.05) is 51.4 Å². The number of halogens is 2. The molecule has 1 aliphatic heterocycles. The molecule has 0 saturated heterocycles. The van der Waals surface area contributed by atoms with Crippen molar-refractivity contribution in [2.75, 3.05) is 0 Å². The second-order valence-electron chi connectivity index (χ2n) is 5.23. The van der Waals surface area contributed by atoms with Crippen LogP contribution in [0.1, 0.15) is 23.6 Å². The van der Waals surface area contributed by atoms with Crippen LogP contribution >= 0.6 is 15.9 Å². The molecule has 0 radical (unpaired) electrons. The largest absolute Gasteiger partial charge is 0.269 e. The molecule has 2 heterocycles. The van der Waals surface area contributed by atoms with Crippen LogP contribution in [0, 0.1) is 5.82 Å². The number of fused-ring (bicyclic) bond motifs is 1. The summed E-state index contributed by atoms with van der Waals surface area (Å²) < 4.78 is 16.8. The molecule has 7 heteroatoms. The minimum atomic E-state index is -0.312. The van der Waals surface area contributed by atoms with Gasteiger partial charge in [-0.2, -0.15) is 0 Å². The molecule has 5 nitrogen and oxygen atoms in total. The maximum absolute atomic E-state index is 14.2. The van der Waals surface area contributed by atoms with E-state index in [1.54, 1.807) is 16.8 Å². The van der Waals surface area contributed by atoms with E-state index in [4.69, 9.17) is 0 Å². The highest BCUT2D eigenvalue weighted by atomic mass is 79.9. The lowest BCUT2D eigenvalue weighted by atomic mass is 9.96. The van der Waals surface area contributed by atoms with Gasteiger partial charge in [-0.15, -0.1) is 0 Å². The molecule has 1 unspecified atom stereocenters. The van der Waals surface area contributed by atoms with Crippen molar-refractivity contribution < 1.29 is 4.39 Å². The molecule has 114 valence electrons. The third kappa shape index (κ3) is 2.57. The average Bonchev–Trinajstić information content (AvgIpc) is 3.03. The molecule has 0 aliphatic carbocycles. The average molecular weight is 372 g/mol. The van der Waals surface area contributed by atoms with Crippen LogP contribution in [0.15, 0.2) is 58.0 Å². The fraction of sp³-hybridized carbons (Fsp3) is 0.125. The van der Waals surface area contributed by atoms with Crippen molar-refractivity contribution in [2.24, 2.45) is 4.99 Å². The quantitative estimate of drug-likeness (QED) is 0.690. The SMILES string of the molecule is Fc1ccccc1C1CC(c2cccc(Br)c2)=Nc2nnnn21. The molecule has 0 N–H and O–H groups in total. The zero-order valence-corrected chi connectivity index (χ0v) is 13.5. The molecule has 1 atom stereocenters. The fourth-order valence-electron chi connectivity index (χ4n) is 2.74. The van der Waals surface area contributed by atoms with Crippen molar-refractivity contribution in [3.63, 3.8) is 0 Å². The number of tetrazole rings is 1. The number of hydrogen-bond acceptors (Lipinski definition) is 4. The van der Waals surface area contributed by atoms with Gasteiger partial charge in [0.1, 0.15) is 5.82 Å². The summed E-state index contributed by atoms with van der Waals surface area (Å²) in [6.07, 6.45) is 0.523. The van der Waals surface area contributed by atoms with E-state index in [9.17, 15) is 4.39 Å². The Kier molecular flexibility index (Phi) is 3.49. The van der Waals surface area contributed by atoms with Gasteiger partial charge >= 0.3 is 0 Å². The Balaban J connectivity index is 1.83. The van der Waals surface area contributed by atoms with Crippen molar-refractivity contribution in [2.45, 2.75) is 12.5 Å². The van der Waals surface area contributed by atoms with Crippen LogP contribution in [0.2, 0.25) is 0 Å². The smallest absolute Gasteiger partial charge is 0.214 e. The van der Waals surface area contributed by atoms with Gasteiger partial charge in [0.2, 0.25) is 0 Å². The molecular formula is C16H11BrFN5. The summed E-state index contributed by atoms with van der Waals surface area (Å²) in [7, 11) is 0. The van der Waals surface area contributed by atoms with Crippen LogP contribution in [0.5, 0.6) is 0 Å². The van der Waals surface area contributed by atoms with Gasteiger partial charge in [0, 0.05) is 16.5 Å². The standard InChI is InChI=1S/C16H11BrFN5/c17-11-5-3-4-10(8-11)14-9-15(12-6-1-2-7-13(12)18)23-16(19-14)20-21-22-23/h1-8,15H,9H2. The minimum Gasteiger partial charge on any atom is -0.214 e. The zero-order valence-electron chi connectivity index (χ0n) is 11.9. The molecule has 1 aromatic heterocycles. The molecule has 1 aliphatic rings. The summed E-state index contributed by atoms with van der Waals surface area (Å²) in [4.78, 5) is 4.52. The van der Waals surface area contributed by atoms with E-state index in [2.05, 4.69) is 36.4 Å². The number of rotatable bonds is 2. The lowest BCUT2D eigenvalue weighted by Gasteiger charge is -2.23. The normalized spacial score (nSPS) is 16.8. The third-order valence-electron chi connectivity index (χ3n) is 3.81. The maximum Gasteiger partial charge on any atom is 0.269 e. The Labute approximate surface area is 140 Å². The van der Waals surface area contributed by atoms with Crippen molar-refractivity contribution in [3.8, 4) is 0 Å². The van der Waals surface area contributed by atoms with Crippen LogP contribution in [0.25, 0.3) is 0 Å². The first-order chi connectivity index (χ1) is 11.2. The highest BCUT2D eigenvalue weighted by Crippen LogP contribution is 2.33. The first kappa shape index (κ1) is 14.2. The molecule has 23 heavy (non-hydrogen) atoms. The number of aliphatic imine (C=N–C) groups is 1. The molecule has 0 amide bonds. The van der Waals surface area contributed by atoms with Crippen LogP contribution in [-0.2, 0) is 0 Å². The van der Waals surface area contributed by atoms with Crippen LogP contribution in [-0.4, -0.2) is 25.9 Å². The van der Waals surface area contributed by atoms with Gasteiger partial charge in [-0.25, -0.2) is 14.1 Å². The van der Waals surface area contributed by atoms with E-state index in [-0.39, 0.29) is 11.9 Å². The second kappa shape index (κ2) is 5.66. The van der Waals surface area contributed by atoms with Gasteiger partial charge in [0.15, 0.2) is 0 Å².